The van der Waals surface area contributed by atoms with Crippen LogP contribution in [-0.2, 0) is 0 Å². The van der Waals surface area contributed by atoms with E-state index in [2.05, 4.69) is 49.3 Å². The lowest BCUT2D eigenvalue weighted by molar-refractivity contribution is 0.509. The zero-order valence-electron chi connectivity index (χ0n) is 9.33. The maximum absolute atomic E-state index is 5.84. The van der Waals surface area contributed by atoms with E-state index in [-0.39, 0.29) is 0 Å². The highest BCUT2D eigenvalue weighted by molar-refractivity contribution is 5.83. The number of H-pyrrole nitrogens is 1. The SMILES string of the molecule is CC(C)C(CN)c1c[nH]c2ccccc12. The van der Waals surface area contributed by atoms with Crippen molar-refractivity contribution in [2.45, 2.75) is 19.8 Å². The van der Waals surface area contributed by atoms with E-state index >= 15 is 0 Å². The molecule has 80 valence electrons. The molecule has 2 aromatic rings. The third-order valence-electron chi connectivity index (χ3n) is 3.08. The summed E-state index contributed by atoms with van der Waals surface area (Å²) in [6, 6.07) is 8.39. The molecule has 0 fully saturated rings. The van der Waals surface area contributed by atoms with Crippen LogP contribution in [0, 0.1) is 5.92 Å². The molecular weight excluding hydrogens is 184 g/mol. The second kappa shape index (κ2) is 4.07. The van der Waals surface area contributed by atoms with Crippen LogP contribution < -0.4 is 5.73 Å². The predicted octanol–water partition coefficient (Wildman–Crippen LogP) is 2.87. The van der Waals surface area contributed by atoms with E-state index in [1.54, 1.807) is 0 Å². The van der Waals surface area contributed by atoms with Crippen LogP contribution in [0.3, 0.4) is 0 Å². The molecule has 0 radical (unpaired) electrons. The van der Waals surface area contributed by atoms with Crippen molar-refractivity contribution in [3.8, 4) is 0 Å². The third kappa shape index (κ3) is 1.77. The van der Waals surface area contributed by atoms with Crippen LogP contribution in [0.1, 0.15) is 25.3 Å². The predicted molar refractivity (Wildman–Crippen MR) is 64.9 cm³/mol. The van der Waals surface area contributed by atoms with Crippen LogP contribution in [-0.4, -0.2) is 11.5 Å². The van der Waals surface area contributed by atoms with E-state index in [9.17, 15) is 0 Å². The van der Waals surface area contributed by atoms with Gasteiger partial charge in [-0.25, -0.2) is 0 Å². The maximum Gasteiger partial charge on any atom is 0.0456 e. The number of nitrogens with two attached hydrogens (primary N) is 1. The Kier molecular flexibility index (Phi) is 2.78. The molecule has 0 aliphatic heterocycles. The Hall–Kier alpha value is -1.28. The first-order chi connectivity index (χ1) is 7.24. The Morgan fingerprint density at radius 1 is 1.27 bits per heavy atom. The van der Waals surface area contributed by atoms with E-state index in [1.807, 2.05) is 0 Å². The molecule has 0 spiro atoms. The van der Waals surface area contributed by atoms with Gasteiger partial charge < -0.3 is 10.7 Å². The minimum Gasteiger partial charge on any atom is -0.361 e. The summed E-state index contributed by atoms with van der Waals surface area (Å²) >= 11 is 0. The van der Waals surface area contributed by atoms with Gasteiger partial charge in [-0.3, -0.25) is 0 Å². The molecule has 0 saturated heterocycles. The van der Waals surface area contributed by atoms with Crippen LogP contribution in [0.25, 0.3) is 10.9 Å². The normalized spacial score (nSPS) is 13.6. The van der Waals surface area contributed by atoms with Crippen molar-refractivity contribution >= 4 is 10.9 Å². The number of hydrogen-bond donors (Lipinski definition) is 2. The van der Waals surface area contributed by atoms with Gasteiger partial charge in [0.2, 0.25) is 0 Å². The van der Waals surface area contributed by atoms with E-state index in [4.69, 9.17) is 5.73 Å². The Bertz CT molecular complexity index is 442. The molecule has 1 unspecified atom stereocenters. The summed E-state index contributed by atoms with van der Waals surface area (Å²) in [4.78, 5) is 3.30. The number of aromatic nitrogens is 1. The first kappa shape index (κ1) is 10.2. The molecule has 0 aliphatic carbocycles. The van der Waals surface area contributed by atoms with Gasteiger partial charge in [-0.2, -0.15) is 0 Å². The summed E-state index contributed by atoms with van der Waals surface area (Å²) in [5.74, 6) is 1.02. The van der Waals surface area contributed by atoms with Gasteiger partial charge in [-0.15, -0.1) is 0 Å². The highest BCUT2D eigenvalue weighted by Gasteiger charge is 2.17. The van der Waals surface area contributed by atoms with Crippen molar-refractivity contribution < 1.29 is 0 Å². The molecule has 2 rings (SSSR count). The highest BCUT2D eigenvalue weighted by atomic mass is 14.7. The molecule has 1 heterocycles. The van der Waals surface area contributed by atoms with E-state index in [0.717, 1.165) is 0 Å². The van der Waals surface area contributed by atoms with Crippen molar-refractivity contribution in [1.29, 1.82) is 0 Å². The van der Waals surface area contributed by atoms with Crippen molar-refractivity contribution in [2.24, 2.45) is 11.7 Å². The summed E-state index contributed by atoms with van der Waals surface area (Å²) < 4.78 is 0. The molecule has 15 heavy (non-hydrogen) atoms. The standard InChI is InChI=1S/C13H18N2/c1-9(2)11(7-14)12-8-15-13-6-4-3-5-10(12)13/h3-6,8-9,11,15H,7,14H2,1-2H3. The summed E-state index contributed by atoms with van der Waals surface area (Å²) in [5, 5.41) is 1.31. The minimum absolute atomic E-state index is 0.446. The quantitative estimate of drug-likeness (QED) is 0.789. The summed E-state index contributed by atoms with van der Waals surface area (Å²) in [6.07, 6.45) is 2.10. The summed E-state index contributed by atoms with van der Waals surface area (Å²) in [5.41, 5.74) is 8.39. The number of fused-ring (bicyclic) bond motifs is 1. The molecule has 1 aromatic carbocycles. The van der Waals surface area contributed by atoms with Crippen LogP contribution in [0.5, 0.6) is 0 Å². The van der Waals surface area contributed by atoms with Gasteiger partial charge in [0.1, 0.15) is 0 Å². The second-order valence-corrected chi connectivity index (χ2v) is 4.38. The fourth-order valence-electron chi connectivity index (χ4n) is 2.16. The van der Waals surface area contributed by atoms with Crippen LogP contribution in [0.15, 0.2) is 30.5 Å². The van der Waals surface area contributed by atoms with E-state index in [1.165, 1.54) is 16.5 Å². The van der Waals surface area contributed by atoms with Gasteiger partial charge in [0.15, 0.2) is 0 Å². The van der Waals surface area contributed by atoms with Crippen molar-refractivity contribution in [2.75, 3.05) is 6.54 Å². The molecule has 1 aromatic heterocycles. The zero-order valence-corrected chi connectivity index (χ0v) is 9.33. The summed E-state index contributed by atoms with van der Waals surface area (Å²) in [6.45, 7) is 5.15. The molecule has 3 N–H and O–H groups in total. The van der Waals surface area contributed by atoms with Gasteiger partial charge in [0.25, 0.3) is 0 Å². The molecule has 1 atom stereocenters. The first-order valence-electron chi connectivity index (χ1n) is 5.50. The second-order valence-electron chi connectivity index (χ2n) is 4.38. The van der Waals surface area contributed by atoms with Gasteiger partial charge in [0.05, 0.1) is 0 Å². The summed E-state index contributed by atoms with van der Waals surface area (Å²) in [7, 11) is 0. The Labute approximate surface area is 90.5 Å². The molecule has 0 amide bonds. The Balaban J connectivity index is 2.51. The number of hydrogen-bond acceptors (Lipinski definition) is 1. The molecule has 2 heteroatoms. The fraction of sp³-hybridized carbons (Fsp3) is 0.385. The van der Waals surface area contributed by atoms with Crippen LogP contribution >= 0.6 is 0 Å². The lowest BCUT2D eigenvalue weighted by Crippen LogP contribution is -2.17. The van der Waals surface area contributed by atoms with E-state index < -0.39 is 0 Å². The number of benzene rings is 1. The maximum atomic E-state index is 5.84. The molecular formula is C13H18N2. The number of aromatic amines is 1. The van der Waals surface area contributed by atoms with Crippen molar-refractivity contribution in [3.05, 3.63) is 36.0 Å². The molecule has 2 nitrogen and oxygen atoms in total. The molecule has 0 bridgehead atoms. The average molecular weight is 202 g/mol. The largest absolute Gasteiger partial charge is 0.361 e. The van der Waals surface area contributed by atoms with Gasteiger partial charge in [-0.05, 0) is 24.1 Å². The van der Waals surface area contributed by atoms with Gasteiger partial charge >= 0.3 is 0 Å². The van der Waals surface area contributed by atoms with Gasteiger partial charge in [0, 0.05) is 23.0 Å². The lowest BCUT2D eigenvalue weighted by Gasteiger charge is -2.18. The van der Waals surface area contributed by atoms with Gasteiger partial charge in [-0.1, -0.05) is 32.0 Å². The Morgan fingerprint density at radius 2 is 2.00 bits per heavy atom. The van der Waals surface area contributed by atoms with E-state index in [0.29, 0.717) is 18.4 Å². The van der Waals surface area contributed by atoms with Crippen molar-refractivity contribution in [1.82, 2.24) is 4.98 Å². The Morgan fingerprint density at radius 3 is 2.67 bits per heavy atom. The number of para-hydroxylation sites is 1. The van der Waals surface area contributed by atoms with Crippen LogP contribution in [0.4, 0.5) is 0 Å². The smallest absolute Gasteiger partial charge is 0.0456 e. The lowest BCUT2D eigenvalue weighted by atomic mass is 9.88. The highest BCUT2D eigenvalue weighted by Crippen LogP contribution is 2.29. The molecule has 0 aliphatic rings. The topological polar surface area (TPSA) is 41.8 Å². The van der Waals surface area contributed by atoms with Crippen molar-refractivity contribution in [3.63, 3.8) is 0 Å². The molecule has 0 saturated carbocycles. The zero-order chi connectivity index (χ0) is 10.8. The minimum atomic E-state index is 0.446. The monoisotopic (exact) mass is 202 g/mol. The average Bonchev–Trinajstić information content (AvgIpc) is 2.63. The van der Waals surface area contributed by atoms with Crippen LogP contribution in [0.2, 0.25) is 0 Å². The first-order valence-corrected chi connectivity index (χ1v) is 5.50. The fourth-order valence-corrected chi connectivity index (χ4v) is 2.16. The third-order valence-corrected chi connectivity index (χ3v) is 3.08. The number of nitrogens with one attached hydrogen (secondary N) is 1. The number of rotatable bonds is 3.